The van der Waals surface area contributed by atoms with Gasteiger partial charge in [-0.1, -0.05) is 6.58 Å². The van der Waals surface area contributed by atoms with Gasteiger partial charge in [0.25, 0.3) is 0 Å². The van der Waals surface area contributed by atoms with Gasteiger partial charge in [-0.25, -0.2) is 0 Å². The van der Waals surface area contributed by atoms with Crippen molar-refractivity contribution >= 4 is 24.0 Å². The predicted octanol–water partition coefficient (Wildman–Crippen LogP) is 1.36. The molecule has 0 radical (unpaired) electrons. The van der Waals surface area contributed by atoms with E-state index in [0.717, 1.165) is 6.42 Å². The highest BCUT2D eigenvalue weighted by atomic mass is 16.6. The number of ketones is 1. The van der Waals surface area contributed by atoms with Crippen LogP contribution in [0, 0.1) is 28.6 Å². The van der Waals surface area contributed by atoms with Crippen LogP contribution in [0.1, 0.15) is 46.0 Å². The van der Waals surface area contributed by atoms with Crippen LogP contribution in [0.3, 0.4) is 0 Å². The molecule has 7 heteroatoms. The fraction of sp³-hybridized carbons (Fsp3) is 0.714. The first-order valence-corrected chi connectivity index (χ1v) is 9.87. The second-order valence-electron chi connectivity index (χ2n) is 9.11. The zero-order chi connectivity index (χ0) is 20.5. The molecule has 7 nitrogen and oxygen atoms in total. The van der Waals surface area contributed by atoms with Crippen molar-refractivity contribution in [1.29, 1.82) is 0 Å². The molecule has 4 fully saturated rings. The summed E-state index contributed by atoms with van der Waals surface area (Å²) in [6.07, 6.45) is 2.09. The average Bonchev–Trinajstić information content (AvgIpc) is 2.83. The number of hydrogen-bond acceptors (Lipinski definition) is 7. The Morgan fingerprint density at radius 2 is 2.04 bits per heavy atom. The van der Waals surface area contributed by atoms with Crippen LogP contribution in [0.2, 0.25) is 0 Å². The Balaban J connectivity index is 1.85. The van der Waals surface area contributed by atoms with Gasteiger partial charge in [-0.15, -0.1) is 0 Å². The van der Waals surface area contributed by atoms with E-state index in [-0.39, 0.29) is 24.7 Å². The molecule has 2 spiro atoms. The molecule has 1 heterocycles. The van der Waals surface area contributed by atoms with Gasteiger partial charge in [0.05, 0.1) is 18.6 Å². The Morgan fingerprint density at radius 3 is 2.68 bits per heavy atom. The molecule has 0 unspecified atom stereocenters. The van der Waals surface area contributed by atoms with Gasteiger partial charge in [-0.2, -0.15) is 0 Å². The van der Waals surface area contributed by atoms with E-state index in [1.165, 1.54) is 6.92 Å². The lowest BCUT2D eigenvalue weighted by Crippen LogP contribution is -2.68. The topological polar surface area (TPSA) is 107 Å². The van der Waals surface area contributed by atoms with E-state index >= 15 is 0 Å². The maximum absolute atomic E-state index is 13.2. The van der Waals surface area contributed by atoms with Crippen LogP contribution in [0.5, 0.6) is 0 Å². The third-order valence-electron chi connectivity index (χ3n) is 7.97. The van der Waals surface area contributed by atoms with Gasteiger partial charge in [0.15, 0.2) is 5.78 Å². The first kappa shape index (κ1) is 19.3. The van der Waals surface area contributed by atoms with Crippen molar-refractivity contribution in [2.45, 2.75) is 57.7 Å². The van der Waals surface area contributed by atoms with Gasteiger partial charge in [0, 0.05) is 12.3 Å². The number of aldehydes is 1. The number of hydrogen-bond donors (Lipinski definition) is 1. The second kappa shape index (κ2) is 5.99. The van der Waals surface area contributed by atoms with Crippen LogP contribution in [0.15, 0.2) is 12.2 Å². The molecule has 2 bridgehead atoms. The smallest absolute Gasteiger partial charge is 0.320 e. The number of allylic oxidation sites excluding steroid dienone is 1. The van der Waals surface area contributed by atoms with Crippen molar-refractivity contribution in [1.82, 2.24) is 0 Å². The highest BCUT2D eigenvalue weighted by molar-refractivity contribution is 6.15. The molecule has 4 aliphatic rings. The van der Waals surface area contributed by atoms with Gasteiger partial charge in [-0.3, -0.25) is 14.4 Å². The van der Waals surface area contributed by atoms with E-state index in [1.54, 1.807) is 6.92 Å². The summed E-state index contributed by atoms with van der Waals surface area (Å²) in [6, 6.07) is 0. The van der Waals surface area contributed by atoms with Crippen LogP contribution >= 0.6 is 0 Å². The fourth-order valence-electron chi connectivity index (χ4n) is 6.68. The monoisotopic (exact) mass is 390 g/mol. The molecule has 4 rings (SSSR count). The van der Waals surface area contributed by atoms with Crippen molar-refractivity contribution in [3.8, 4) is 0 Å². The summed E-state index contributed by atoms with van der Waals surface area (Å²) in [6.45, 7) is 6.69. The molecular formula is C21H26O7. The highest BCUT2D eigenvalue weighted by Crippen LogP contribution is 2.66. The van der Waals surface area contributed by atoms with E-state index in [9.17, 15) is 24.3 Å². The standard InChI is InChI=1S/C21H26O7/c1-11-13-4-5-14-20(10-27-18(26)21(14,8-13)17(11)25)7-6-16(24)19(3,15(20)9-22)28-12(2)23/h9,13-16,24H,1,4-8,10H2,2-3H3/t13-,14+,15-,16+,19+,20-,21+/m1/s1. The number of esters is 2. The number of rotatable bonds is 2. The maximum atomic E-state index is 13.2. The molecule has 3 saturated carbocycles. The lowest BCUT2D eigenvalue weighted by atomic mass is 9.46. The number of cyclic esters (lactones) is 1. The number of ether oxygens (including phenoxy) is 2. The quantitative estimate of drug-likeness (QED) is 0.328. The third-order valence-corrected chi connectivity index (χ3v) is 7.97. The zero-order valence-electron chi connectivity index (χ0n) is 16.2. The molecule has 1 N–H and O–H groups in total. The first-order chi connectivity index (χ1) is 13.1. The third kappa shape index (κ3) is 2.14. The van der Waals surface area contributed by atoms with Crippen molar-refractivity contribution in [3.05, 3.63) is 12.2 Å². The van der Waals surface area contributed by atoms with E-state index in [1.807, 2.05) is 0 Å². The zero-order valence-corrected chi connectivity index (χ0v) is 16.2. The average molecular weight is 390 g/mol. The Morgan fingerprint density at radius 1 is 1.32 bits per heavy atom. The number of carbonyl (C=O) groups is 4. The van der Waals surface area contributed by atoms with Gasteiger partial charge in [0.2, 0.25) is 0 Å². The van der Waals surface area contributed by atoms with Crippen LogP contribution < -0.4 is 0 Å². The van der Waals surface area contributed by atoms with Crippen LogP contribution in [0.4, 0.5) is 0 Å². The molecular weight excluding hydrogens is 364 g/mol. The minimum atomic E-state index is -1.44. The minimum Gasteiger partial charge on any atom is -0.464 e. The van der Waals surface area contributed by atoms with Crippen molar-refractivity contribution in [3.63, 3.8) is 0 Å². The highest BCUT2D eigenvalue weighted by Gasteiger charge is 2.73. The first-order valence-electron chi connectivity index (χ1n) is 9.87. The number of carbonyl (C=O) groups excluding carboxylic acids is 4. The predicted molar refractivity (Wildman–Crippen MR) is 95.8 cm³/mol. The summed E-state index contributed by atoms with van der Waals surface area (Å²) >= 11 is 0. The molecule has 0 aromatic heterocycles. The normalized spacial score (nSPS) is 47.5. The molecule has 0 aromatic rings. The van der Waals surface area contributed by atoms with Crippen LogP contribution in [0.25, 0.3) is 0 Å². The van der Waals surface area contributed by atoms with Crippen molar-refractivity contribution < 1.29 is 33.8 Å². The lowest BCUT2D eigenvalue weighted by Gasteiger charge is -2.60. The van der Waals surface area contributed by atoms with Gasteiger partial charge in [0.1, 0.15) is 17.3 Å². The minimum absolute atomic E-state index is 0.0182. The Kier molecular flexibility index (Phi) is 4.13. The van der Waals surface area contributed by atoms with E-state index in [4.69, 9.17) is 9.47 Å². The SMILES string of the molecule is C=C1C(=O)[C@]23C[C@H]1CC[C@H]2[C@@]1(CC[C@H](O)[C@@](C)(OC(C)=O)[C@H]1C=O)COC3=O. The molecule has 0 amide bonds. The maximum Gasteiger partial charge on any atom is 0.320 e. The molecule has 3 aliphatic carbocycles. The van der Waals surface area contributed by atoms with Crippen LogP contribution in [-0.4, -0.2) is 47.4 Å². The summed E-state index contributed by atoms with van der Waals surface area (Å²) in [7, 11) is 0. The summed E-state index contributed by atoms with van der Waals surface area (Å²) in [4.78, 5) is 50.1. The molecule has 152 valence electrons. The van der Waals surface area contributed by atoms with Crippen LogP contribution in [-0.2, 0) is 28.7 Å². The van der Waals surface area contributed by atoms with E-state index < -0.39 is 46.3 Å². The summed E-state index contributed by atoms with van der Waals surface area (Å²) < 4.78 is 11.1. The fourth-order valence-corrected chi connectivity index (χ4v) is 6.68. The summed E-state index contributed by atoms with van der Waals surface area (Å²) in [5.74, 6) is -2.71. The Bertz CT molecular complexity index is 788. The largest absolute Gasteiger partial charge is 0.464 e. The van der Waals surface area contributed by atoms with E-state index in [0.29, 0.717) is 31.1 Å². The summed E-state index contributed by atoms with van der Waals surface area (Å²) in [5.41, 5.74) is -3.13. The molecule has 7 atom stereocenters. The van der Waals surface area contributed by atoms with E-state index in [2.05, 4.69) is 6.58 Å². The van der Waals surface area contributed by atoms with Crippen molar-refractivity contribution in [2.24, 2.45) is 28.6 Å². The molecule has 28 heavy (non-hydrogen) atoms. The molecule has 1 aliphatic heterocycles. The van der Waals surface area contributed by atoms with Gasteiger partial charge < -0.3 is 19.4 Å². The van der Waals surface area contributed by atoms with Crippen molar-refractivity contribution in [2.75, 3.05) is 6.61 Å². The number of aliphatic hydroxyl groups excluding tert-OH is 1. The lowest BCUT2D eigenvalue weighted by molar-refractivity contribution is -0.242. The summed E-state index contributed by atoms with van der Waals surface area (Å²) in [5, 5.41) is 10.6. The number of Topliss-reactive ketones (excluding diaryl/α,β-unsaturated/α-hetero) is 1. The number of aliphatic hydroxyl groups is 1. The Hall–Kier alpha value is -2.02. The van der Waals surface area contributed by atoms with Gasteiger partial charge in [-0.05, 0) is 56.4 Å². The second-order valence-corrected chi connectivity index (χ2v) is 9.11. The van der Waals surface area contributed by atoms with Gasteiger partial charge >= 0.3 is 11.9 Å². The number of fused-ring (bicyclic) bond motifs is 2. The molecule has 0 aromatic carbocycles. The molecule has 1 saturated heterocycles. The Labute approximate surface area is 163 Å².